The van der Waals surface area contributed by atoms with E-state index in [1.54, 1.807) is 0 Å². The zero-order valence-electron chi connectivity index (χ0n) is 15.0. The van der Waals surface area contributed by atoms with Crippen LogP contribution in [0.2, 0.25) is 0 Å². The standard InChI is InChI=1S/C15H19NO4.3CO.Cr/c1-9-6-4-5-7-10(9)13-11(14(17)19-2)8-12(16-13)15(18)20-3;3*1-2;/h4-7,11-13,16H,8H2,1-3H3;;;;/t11-,12-,13-;;;;/m0..../s1. The first-order chi connectivity index (χ1) is 12.6. The van der Waals surface area contributed by atoms with Crippen LogP contribution in [0, 0.1) is 32.8 Å². The smallest absolute Gasteiger partial charge is 0 e. The summed E-state index contributed by atoms with van der Waals surface area (Å²) in [6, 6.07) is 7.10. The molecule has 27 heavy (non-hydrogen) atoms. The maximum absolute atomic E-state index is 12.0. The molecule has 1 N–H and O–H groups in total. The second-order valence-electron chi connectivity index (χ2n) is 4.94. The summed E-state index contributed by atoms with van der Waals surface area (Å²) in [7, 11) is 2.71. The van der Waals surface area contributed by atoms with E-state index in [9.17, 15) is 9.59 Å². The van der Waals surface area contributed by atoms with E-state index >= 15 is 0 Å². The summed E-state index contributed by atoms with van der Waals surface area (Å²) in [6.07, 6.45) is 0.387. The van der Waals surface area contributed by atoms with Gasteiger partial charge in [-0.05, 0) is 24.5 Å². The SMILES string of the molecule is COC(=O)[C@@H]1C[C@H](C(=O)OC)[C@H](c2ccccc2C)N1.[C-]#[O+].[C-]#[O+].[C-]#[O+].[Cr]. The largest absolute Gasteiger partial charge is 0 e. The van der Waals surface area contributed by atoms with Crippen molar-refractivity contribution in [3.63, 3.8) is 0 Å². The number of ether oxygens (including phenoxy) is 2. The molecule has 0 spiro atoms. The number of carbonyl (C=O) groups excluding carboxylic acids is 2. The molecule has 1 aromatic carbocycles. The molecule has 144 valence electrons. The van der Waals surface area contributed by atoms with Crippen LogP contribution in [0.25, 0.3) is 0 Å². The van der Waals surface area contributed by atoms with E-state index in [0.29, 0.717) is 6.42 Å². The Labute approximate surface area is 168 Å². The number of hydrogen-bond acceptors (Lipinski definition) is 5. The summed E-state index contributed by atoms with van der Waals surface area (Å²) in [5.74, 6) is -1.04. The summed E-state index contributed by atoms with van der Waals surface area (Å²) in [5.41, 5.74) is 2.08. The van der Waals surface area contributed by atoms with Crippen LogP contribution < -0.4 is 5.32 Å². The number of benzene rings is 1. The fraction of sp³-hybridized carbons (Fsp3) is 0.389. The molecular formula is C18H19CrNO7. The first-order valence-electron chi connectivity index (χ1n) is 7.17. The van der Waals surface area contributed by atoms with E-state index in [2.05, 4.69) is 25.3 Å². The molecule has 0 saturated carbocycles. The van der Waals surface area contributed by atoms with Crippen molar-refractivity contribution in [3.8, 4) is 0 Å². The minimum atomic E-state index is -0.478. The Hall–Kier alpha value is -2.13. The molecule has 1 heterocycles. The molecule has 1 aliphatic rings. The third kappa shape index (κ3) is 8.40. The molecule has 1 aliphatic heterocycles. The number of methoxy groups -OCH3 is 2. The maximum Gasteiger partial charge on any atom is 0 e. The van der Waals surface area contributed by atoms with Crippen LogP contribution in [0.15, 0.2) is 24.3 Å². The Morgan fingerprint density at radius 1 is 1.00 bits per heavy atom. The van der Waals surface area contributed by atoms with Gasteiger partial charge in [0.05, 0.1) is 20.1 Å². The zero-order valence-corrected chi connectivity index (χ0v) is 16.3. The van der Waals surface area contributed by atoms with Crippen molar-refractivity contribution >= 4 is 11.9 Å². The first kappa shape index (κ1) is 29.6. The van der Waals surface area contributed by atoms with Crippen molar-refractivity contribution in [2.45, 2.75) is 25.4 Å². The second kappa shape index (κ2) is 17.3. The van der Waals surface area contributed by atoms with Crippen LogP contribution in [-0.4, -0.2) is 32.2 Å². The van der Waals surface area contributed by atoms with Gasteiger partial charge >= 0.3 is 45.8 Å². The molecular weight excluding hydrogens is 394 g/mol. The molecule has 9 heteroatoms. The van der Waals surface area contributed by atoms with E-state index in [4.69, 9.17) is 23.4 Å². The third-order valence-corrected chi connectivity index (χ3v) is 3.79. The summed E-state index contributed by atoms with van der Waals surface area (Å²) in [4.78, 5) is 23.6. The predicted octanol–water partition coefficient (Wildman–Crippen LogP) is 1.25. The number of esters is 2. The van der Waals surface area contributed by atoms with Gasteiger partial charge in [0, 0.05) is 23.4 Å². The fourth-order valence-corrected chi connectivity index (χ4v) is 2.72. The second-order valence-corrected chi connectivity index (χ2v) is 4.94. The molecule has 2 rings (SSSR count). The quantitative estimate of drug-likeness (QED) is 0.454. The normalized spacial score (nSPS) is 18.9. The van der Waals surface area contributed by atoms with Crippen LogP contribution in [-0.2, 0) is 50.4 Å². The van der Waals surface area contributed by atoms with Gasteiger partial charge in [0.2, 0.25) is 0 Å². The van der Waals surface area contributed by atoms with Crippen LogP contribution >= 0.6 is 0 Å². The number of hydrogen-bond donors (Lipinski definition) is 1. The van der Waals surface area contributed by atoms with Gasteiger partial charge in [-0.2, -0.15) is 0 Å². The van der Waals surface area contributed by atoms with Gasteiger partial charge in [0.15, 0.2) is 0 Å². The molecule has 0 amide bonds. The first-order valence-corrected chi connectivity index (χ1v) is 7.17. The minimum absolute atomic E-state index is 0. The van der Waals surface area contributed by atoms with E-state index < -0.39 is 6.04 Å². The topological polar surface area (TPSA) is 124 Å². The average molecular weight is 413 g/mol. The van der Waals surface area contributed by atoms with Gasteiger partial charge in [0.25, 0.3) is 0 Å². The number of nitrogens with one attached hydrogen (secondary N) is 1. The fourth-order valence-electron chi connectivity index (χ4n) is 2.72. The summed E-state index contributed by atoms with van der Waals surface area (Å²) >= 11 is 0. The molecule has 0 bridgehead atoms. The summed E-state index contributed by atoms with van der Waals surface area (Å²) in [5, 5.41) is 3.19. The summed E-state index contributed by atoms with van der Waals surface area (Å²) in [6.45, 7) is 15.5. The Balaban J connectivity index is -0.000000749. The molecule has 1 saturated heterocycles. The Kier molecular flexibility index (Phi) is 19.0. The molecule has 0 unspecified atom stereocenters. The monoisotopic (exact) mass is 413 g/mol. The van der Waals surface area contributed by atoms with E-state index in [1.807, 2.05) is 31.2 Å². The van der Waals surface area contributed by atoms with E-state index in [-0.39, 0.29) is 41.3 Å². The van der Waals surface area contributed by atoms with Crippen molar-refractivity contribution in [1.82, 2.24) is 5.32 Å². The molecule has 1 fully saturated rings. The number of rotatable bonds is 3. The molecule has 1 aromatic rings. The molecule has 0 radical (unpaired) electrons. The van der Waals surface area contributed by atoms with Gasteiger partial charge in [-0.25, -0.2) is 0 Å². The van der Waals surface area contributed by atoms with Crippen molar-refractivity contribution < 1.29 is 50.4 Å². The third-order valence-electron chi connectivity index (χ3n) is 3.79. The Morgan fingerprint density at radius 3 is 1.93 bits per heavy atom. The Morgan fingerprint density at radius 2 is 1.48 bits per heavy atom. The van der Waals surface area contributed by atoms with Crippen molar-refractivity contribution in [1.29, 1.82) is 0 Å². The summed E-state index contributed by atoms with van der Waals surface area (Å²) < 4.78 is 32.1. The van der Waals surface area contributed by atoms with Crippen molar-refractivity contribution in [2.24, 2.45) is 5.92 Å². The molecule has 3 atom stereocenters. The van der Waals surface area contributed by atoms with Gasteiger partial charge < -0.3 is 9.47 Å². The molecule has 0 aliphatic carbocycles. The molecule has 0 aromatic heterocycles. The predicted molar refractivity (Wildman–Crippen MR) is 84.8 cm³/mol. The minimum Gasteiger partial charge on any atom is 0 e. The zero-order chi connectivity index (χ0) is 20.7. The van der Waals surface area contributed by atoms with E-state index in [1.165, 1.54) is 14.2 Å². The van der Waals surface area contributed by atoms with E-state index in [0.717, 1.165) is 11.1 Å². The Bertz CT molecular complexity index is 628. The van der Waals surface area contributed by atoms with Crippen LogP contribution in [0.5, 0.6) is 0 Å². The van der Waals surface area contributed by atoms with Crippen molar-refractivity contribution in [3.05, 3.63) is 55.3 Å². The van der Waals surface area contributed by atoms with Crippen molar-refractivity contribution in [2.75, 3.05) is 14.2 Å². The molecule has 8 nitrogen and oxygen atoms in total. The number of carbonyl (C=O) groups is 2. The van der Waals surface area contributed by atoms with Crippen LogP contribution in [0.4, 0.5) is 0 Å². The van der Waals surface area contributed by atoms with Gasteiger partial charge in [-0.1, -0.05) is 24.3 Å². The van der Waals surface area contributed by atoms with Gasteiger partial charge in [-0.15, -0.1) is 0 Å². The average Bonchev–Trinajstić information content (AvgIpc) is 3.17. The number of aryl methyl sites for hydroxylation is 1. The van der Waals surface area contributed by atoms with Gasteiger partial charge in [-0.3, -0.25) is 14.9 Å². The van der Waals surface area contributed by atoms with Gasteiger partial charge in [0.1, 0.15) is 6.04 Å². The maximum atomic E-state index is 12.0. The van der Waals surface area contributed by atoms with Crippen LogP contribution in [0.3, 0.4) is 0 Å². The van der Waals surface area contributed by atoms with Crippen LogP contribution in [0.1, 0.15) is 23.6 Å².